The van der Waals surface area contributed by atoms with Gasteiger partial charge >= 0.3 is 5.97 Å². The van der Waals surface area contributed by atoms with E-state index >= 15 is 0 Å². The van der Waals surface area contributed by atoms with E-state index in [-0.39, 0.29) is 33.5 Å². The Kier molecular flexibility index (Phi) is 7.25. The molecule has 4 rings (SSSR count). The Balaban J connectivity index is 1.40. The maximum atomic E-state index is 14.6. The number of hydrogen-bond donors (Lipinski definition) is 2. The van der Waals surface area contributed by atoms with Crippen LogP contribution in [0.3, 0.4) is 0 Å². The van der Waals surface area contributed by atoms with E-state index in [0.717, 1.165) is 22.2 Å². The number of halogens is 1. The Hall–Kier alpha value is -3.28. The van der Waals surface area contributed by atoms with Crippen molar-refractivity contribution in [3.8, 4) is 11.5 Å². The maximum Gasteiger partial charge on any atom is 0.323 e. The monoisotopic (exact) mass is 502 g/mol. The SMILES string of the molecule is O=C(O)CN1C(=O)C(=Cc2ccc(Oc3ccc(CC4COCC(=O)N4)cc3)c(F)c2)SC1=S. The van der Waals surface area contributed by atoms with Gasteiger partial charge in [0.15, 0.2) is 11.6 Å². The van der Waals surface area contributed by atoms with Gasteiger partial charge in [0.2, 0.25) is 5.91 Å². The number of rotatable bonds is 7. The van der Waals surface area contributed by atoms with Crippen molar-refractivity contribution in [2.24, 2.45) is 0 Å². The summed E-state index contributed by atoms with van der Waals surface area (Å²) >= 11 is 6.02. The number of nitrogens with zero attached hydrogens (tertiary/aromatic N) is 1. The molecule has 2 aromatic rings. The predicted octanol–water partition coefficient (Wildman–Crippen LogP) is 2.96. The van der Waals surface area contributed by atoms with Gasteiger partial charge in [-0.1, -0.05) is 42.2 Å². The fourth-order valence-electron chi connectivity index (χ4n) is 3.43. The number of ether oxygens (including phenoxy) is 2. The molecular formula is C23H19FN2O6S2. The first-order valence-corrected chi connectivity index (χ1v) is 11.4. The number of thiocarbonyl (C=S) groups is 1. The number of carbonyl (C=O) groups excluding carboxylic acids is 2. The lowest BCUT2D eigenvalue weighted by atomic mass is 10.1. The number of benzene rings is 2. The number of carboxylic acids is 1. The number of carbonyl (C=O) groups is 3. The zero-order chi connectivity index (χ0) is 24.2. The Bertz CT molecular complexity index is 1180. The van der Waals surface area contributed by atoms with Crippen LogP contribution in [-0.4, -0.2) is 57.9 Å². The van der Waals surface area contributed by atoms with Crippen LogP contribution in [0.2, 0.25) is 0 Å². The summed E-state index contributed by atoms with van der Waals surface area (Å²) in [5, 5.41) is 11.8. The second-order valence-corrected chi connectivity index (χ2v) is 9.26. The van der Waals surface area contributed by atoms with E-state index in [9.17, 15) is 18.8 Å². The van der Waals surface area contributed by atoms with Crippen molar-refractivity contribution >= 4 is 52.2 Å². The highest BCUT2D eigenvalue weighted by Gasteiger charge is 2.33. The van der Waals surface area contributed by atoms with E-state index in [2.05, 4.69) is 5.32 Å². The molecule has 0 aliphatic carbocycles. The van der Waals surface area contributed by atoms with E-state index in [1.165, 1.54) is 18.2 Å². The predicted molar refractivity (Wildman–Crippen MR) is 127 cm³/mol. The van der Waals surface area contributed by atoms with E-state index in [4.69, 9.17) is 26.8 Å². The van der Waals surface area contributed by atoms with E-state index in [1.54, 1.807) is 18.2 Å². The molecule has 2 aromatic carbocycles. The summed E-state index contributed by atoms with van der Waals surface area (Å²) in [5.41, 5.74) is 1.38. The Morgan fingerprint density at radius 3 is 2.74 bits per heavy atom. The van der Waals surface area contributed by atoms with Gasteiger partial charge in [-0.25, -0.2) is 4.39 Å². The molecule has 2 N–H and O–H groups in total. The number of carboxylic acid groups (broad SMARTS) is 1. The molecule has 176 valence electrons. The quantitative estimate of drug-likeness (QED) is 0.440. The van der Waals surface area contributed by atoms with Gasteiger partial charge in [0.1, 0.15) is 23.2 Å². The summed E-state index contributed by atoms with van der Waals surface area (Å²) in [4.78, 5) is 35.9. The van der Waals surface area contributed by atoms with Crippen LogP contribution in [0.1, 0.15) is 11.1 Å². The highest BCUT2D eigenvalue weighted by atomic mass is 32.2. The van der Waals surface area contributed by atoms with Gasteiger partial charge in [-0.3, -0.25) is 19.3 Å². The third kappa shape index (κ3) is 5.79. The fraction of sp³-hybridized carbons (Fsp3) is 0.217. The molecule has 2 aliphatic rings. The fourth-order valence-corrected chi connectivity index (χ4v) is 4.69. The normalized spacial score (nSPS) is 19.4. The van der Waals surface area contributed by atoms with Crippen LogP contribution in [0.25, 0.3) is 6.08 Å². The van der Waals surface area contributed by atoms with Crippen molar-refractivity contribution in [2.45, 2.75) is 12.5 Å². The highest BCUT2D eigenvalue weighted by Crippen LogP contribution is 2.33. The first kappa shape index (κ1) is 23.9. The van der Waals surface area contributed by atoms with Crippen molar-refractivity contribution in [3.05, 3.63) is 64.3 Å². The van der Waals surface area contributed by atoms with Gasteiger partial charge in [-0.2, -0.15) is 0 Å². The number of thioether (sulfide) groups is 1. The van der Waals surface area contributed by atoms with E-state index in [0.29, 0.717) is 24.3 Å². The van der Waals surface area contributed by atoms with Crippen LogP contribution in [-0.2, 0) is 25.5 Å². The first-order valence-electron chi connectivity index (χ1n) is 10.2. The van der Waals surface area contributed by atoms with Crippen molar-refractivity contribution < 1.29 is 33.4 Å². The lowest BCUT2D eigenvalue weighted by molar-refractivity contribution is -0.140. The average molecular weight is 503 g/mol. The van der Waals surface area contributed by atoms with Crippen molar-refractivity contribution in [1.82, 2.24) is 10.2 Å². The van der Waals surface area contributed by atoms with Gasteiger partial charge in [0, 0.05) is 0 Å². The molecule has 11 heteroatoms. The van der Waals surface area contributed by atoms with Crippen LogP contribution < -0.4 is 10.1 Å². The summed E-state index contributed by atoms with van der Waals surface area (Å²) in [6.07, 6.45) is 2.06. The summed E-state index contributed by atoms with van der Waals surface area (Å²) in [6, 6.07) is 11.2. The highest BCUT2D eigenvalue weighted by molar-refractivity contribution is 8.26. The lowest BCUT2D eigenvalue weighted by Crippen LogP contribution is -2.46. The number of aliphatic carboxylic acids is 1. The van der Waals surface area contributed by atoms with E-state index in [1.807, 2.05) is 12.1 Å². The van der Waals surface area contributed by atoms with Crippen molar-refractivity contribution in [1.29, 1.82) is 0 Å². The van der Waals surface area contributed by atoms with Crippen LogP contribution in [0, 0.1) is 5.82 Å². The number of amides is 2. The minimum absolute atomic E-state index is 0.0104. The summed E-state index contributed by atoms with van der Waals surface area (Å²) in [5.74, 6) is -2.02. The second-order valence-electron chi connectivity index (χ2n) is 7.58. The smallest absolute Gasteiger partial charge is 0.323 e. The van der Waals surface area contributed by atoms with Crippen molar-refractivity contribution in [2.75, 3.05) is 19.8 Å². The molecule has 2 saturated heterocycles. The third-order valence-electron chi connectivity index (χ3n) is 4.97. The molecule has 34 heavy (non-hydrogen) atoms. The standard InChI is InChI=1S/C23H19FN2O6S2/c24-17-8-14(9-19-22(30)26(10-21(28)29)23(33)34-19)3-6-18(17)32-16-4-1-13(2-5-16)7-15-11-31-12-20(27)25-15/h1-6,8-9,15H,7,10-12H2,(H,25,27)(H,28,29). The molecule has 0 saturated carbocycles. The van der Waals surface area contributed by atoms with Crippen LogP contribution >= 0.6 is 24.0 Å². The van der Waals surface area contributed by atoms with Gasteiger partial charge in [0.05, 0.1) is 17.6 Å². The molecule has 1 unspecified atom stereocenters. The number of morpholine rings is 1. The molecule has 1 atom stereocenters. The lowest BCUT2D eigenvalue weighted by Gasteiger charge is -2.23. The average Bonchev–Trinajstić information content (AvgIpc) is 3.04. The summed E-state index contributed by atoms with van der Waals surface area (Å²) in [6.45, 7) is 0.00662. The van der Waals surface area contributed by atoms with Crippen LogP contribution in [0.15, 0.2) is 47.4 Å². The van der Waals surface area contributed by atoms with E-state index < -0.39 is 24.2 Å². The second kappa shape index (κ2) is 10.3. The molecule has 2 heterocycles. The van der Waals surface area contributed by atoms with Gasteiger partial charge in [-0.15, -0.1) is 0 Å². The van der Waals surface area contributed by atoms with Gasteiger partial charge in [-0.05, 0) is 47.9 Å². The molecule has 8 nitrogen and oxygen atoms in total. The molecular weight excluding hydrogens is 483 g/mol. The Morgan fingerprint density at radius 1 is 1.29 bits per heavy atom. The number of nitrogens with one attached hydrogen (secondary N) is 1. The Labute approximate surface area is 203 Å². The molecule has 0 bridgehead atoms. The molecule has 2 aliphatic heterocycles. The van der Waals surface area contributed by atoms with Crippen molar-refractivity contribution in [3.63, 3.8) is 0 Å². The first-order chi connectivity index (χ1) is 16.3. The Morgan fingerprint density at radius 2 is 2.06 bits per heavy atom. The largest absolute Gasteiger partial charge is 0.480 e. The molecule has 2 fully saturated rings. The van der Waals surface area contributed by atoms with Gasteiger partial charge < -0.3 is 19.9 Å². The number of hydrogen-bond acceptors (Lipinski definition) is 7. The molecule has 2 amide bonds. The topological polar surface area (TPSA) is 105 Å². The van der Waals surface area contributed by atoms with Crippen LogP contribution in [0.4, 0.5) is 4.39 Å². The van der Waals surface area contributed by atoms with Gasteiger partial charge in [0.25, 0.3) is 5.91 Å². The summed E-state index contributed by atoms with van der Waals surface area (Å²) < 4.78 is 25.7. The maximum absolute atomic E-state index is 14.6. The minimum atomic E-state index is -1.17. The summed E-state index contributed by atoms with van der Waals surface area (Å²) in [7, 11) is 0. The molecule has 0 radical (unpaired) electrons. The zero-order valence-corrected chi connectivity index (χ0v) is 19.3. The zero-order valence-electron chi connectivity index (χ0n) is 17.7. The minimum Gasteiger partial charge on any atom is -0.480 e. The molecule has 0 aromatic heterocycles. The molecule has 0 spiro atoms. The van der Waals surface area contributed by atoms with Crippen LogP contribution in [0.5, 0.6) is 11.5 Å². The third-order valence-corrected chi connectivity index (χ3v) is 6.35.